The molecule has 0 unspecified atom stereocenters. The molecule has 0 aromatic heterocycles. The van der Waals surface area contributed by atoms with Crippen LogP contribution in [-0.2, 0) is 11.3 Å². The number of hydrogen-bond donors (Lipinski definition) is 1. The number of fused-ring (bicyclic) bond motifs is 1. The van der Waals surface area contributed by atoms with Crippen LogP contribution in [0.1, 0.15) is 5.56 Å². The van der Waals surface area contributed by atoms with Crippen LogP contribution in [0, 0.1) is 0 Å². The second-order valence-corrected chi connectivity index (χ2v) is 5.11. The first-order chi connectivity index (χ1) is 9.92. The predicted octanol–water partition coefficient (Wildman–Crippen LogP) is -2.12. The minimum atomic E-state index is 0. The molecule has 6 heteroatoms. The zero-order chi connectivity index (χ0) is 13.6. The maximum absolute atomic E-state index is 5.59. The molecule has 2 aliphatic heterocycles. The molecule has 0 aliphatic carbocycles. The third kappa shape index (κ3) is 4.74. The summed E-state index contributed by atoms with van der Waals surface area (Å²) in [7, 11) is 0. The lowest BCUT2D eigenvalue weighted by Gasteiger charge is -2.26. The molecule has 1 aromatic carbocycles. The lowest BCUT2D eigenvalue weighted by atomic mass is 10.2. The second kappa shape index (κ2) is 8.44. The summed E-state index contributed by atoms with van der Waals surface area (Å²) >= 11 is 0. The lowest BCUT2D eigenvalue weighted by molar-refractivity contribution is -0.00000629. The van der Waals surface area contributed by atoms with Crippen molar-refractivity contribution in [2.24, 2.45) is 0 Å². The van der Waals surface area contributed by atoms with Crippen molar-refractivity contribution in [3.63, 3.8) is 0 Å². The number of rotatable bonds is 5. The van der Waals surface area contributed by atoms with Crippen LogP contribution in [0.4, 0.5) is 0 Å². The van der Waals surface area contributed by atoms with Crippen molar-refractivity contribution < 1.29 is 26.6 Å². The van der Waals surface area contributed by atoms with Gasteiger partial charge in [0.25, 0.3) is 0 Å². The molecule has 3 rings (SSSR count). The van der Waals surface area contributed by atoms with Crippen LogP contribution < -0.4 is 27.2 Å². The highest BCUT2D eigenvalue weighted by Gasteiger charge is 2.12. The smallest absolute Gasteiger partial charge is 0.161 e. The second-order valence-electron chi connectivity index (χ2n) is 5.11. The molecule has 0 atom stereocenters. The van der Waals surface area contributed by atoms with Crippen LogP contribution in [0.2, 0.25) is 0 Å². The molecule has 2 heterocycles. The third-order valence-electron chi connectivity index (χ3n) is 3.64. The summed E-state index contributed by atoms with van der Waals surface area (Å²) in [6.07, 6.45) is 0. The Morgan fingerprint density at radius 3 is 2.57 bits per heavy atom. The van der Waals surface area contributed by atoms with Crippen molar-refractivity contribution in [1.82, 2.24) is 10.2 Å². The molecule has 5 nitrogen and oxygen atoms in total. The summed E-state index contributed by atoms with van der Waals surface area (Å²) in [6.45, 7) is 8.04. The van der Waals surface area contributed by atoms with Gasteiger partial charge in [0.1, 0.15) is 13.2 Å². The predicted molar refractivity (Wildman–Crippen MR) is 76.4 cm³/mol. The van der Waals surface area contributed by atoms with Crippen molar-refractivity contribution >= 4 is 0 Å². The van der Waals surface area contributed by atoms with Crippen LogP contribution in [0.25, 0.3) is 0 Å². The van der Waals surface area contributed by atoms with Crippen molar-refractivity contribution in [1.29, 1.82) is 0 Å². The van der Waals surface area contributed by atoms with Crippen molar-refractivity contribution in [2.45, 2.75) is 6.54 Å². The molecule has 1 saturated heterocycles. The van der Waals surface area contributed by atoms with Crippen LogP contribution in [0.3, 0.4) is 0 Å². The fourth-order valence-corrected chi connectivity index (χ4v) is 2.49. The number of hydrogen-bond acceptors (Lipinski definition) is 5. The number of morpholine rings is 1. The molecule has 0 amide bonds. The first-order valence-corrected chi connectivity index (χ1v) is 7.31. The third-order valence-corrected chi connectivity index (χ3v) is 3.64. The van der Waals surface area contributed by atoms with Gasteiger partial charge in [-0.15, -0.1) is 0 Å². The summed E-state index contributed by atoms with van der Waals surface area (Å²) in [5.41, 5.74) is 1.23. The van der Waals surface area contributed by atoms with E-state index in [1.807, 2.05) is 6.07 Å². The van der Waals surface area contributed by atoms with Gasteiger partial charge in [0.05, 0.1) is 13.2 Å². The number of halogens is 1. The SMILES string of the molecule is [Cl-].c1cc2c(cc1CNCCN1CCOCC1)OCCO2. The Hall–Kier alpha value is -1.01. The van der Waals surface area contributed by atoms with Crippen molar-refractivity contribution in [3.05, 3.63) is 23.8 Å². The van der Waals surface area contributed by atoms with E-state index >= 15 is 0 Å². The molecule has 0 radical (unpaired) electrons. The van der Waals surface area contributed by atoms with Gasteiger partial charge in [0, 0.05) is 32.7 Å². The molecule has 0 bridgehead atoms. The van der Waals surface area contributed by atoms with Crippen LogP contribution in [-0.4, -0.2) is 57.5 Å². The largest absolute Gasteiger partial charge is 1.00 e. The fraction of sp³-hybridized carbons (Fsp3) is 0.600. The molecule has 118 valence electrons. The summed E-state index contributed by atoms with van der Waals surface area (Å²) in [5.74, 6) is 1.72. The normalized spacial score (nSPS) is 18.1. The molecule has 1 aromatic rings. The van der Waals surface area contributed by atoms with Crippen molar-refractivity contribution in [3.8, 4) is 11.5 Å². The van der Waals surface area contributed by atoms with Crippen LogP contribution >= 0.6 is 0 Å². The average Bonchev–Trinajstić information content (AvgIpc) is 2.52. The van der Waals surface area contributed by atoms with Gasteiger partial charge < -0.3 is 31.9 Å². The zero-order valence-corrected chi connectivity index (χ0v) is 12.9. The standard InChI is InChI=1S/C15H22N2O3.ClH/c1-2-14-15(20-10-9-19-14)11-13(1)12-16-3-4-17-5-7-18-8-6-17;/h1-2,11,16H,3-10,12H2;1H/p-1. The minimum absolute atomic E-state index is 0. The Bertz CT molecular complexity index is 439. The minimum Gasteiger partial charge on any atom is -1.00 e. The molecular weight excluding hydrogens is 292 g/mol. The van der Waals surface area contributed by atoms with E-state index in [2.05, 4.69) is 22.3 Å². The van der Waals surface area contributed by atoms with E-state index < -0.39 is 0 Å². The number of nitrogens with one attached hydrogen (secondary N) is 1. The number of nitrogens with zero attached hydrogens (tertiary/aromatic N) is 1. The Balaban J connectivity index is 0.00000161. The maximum Gasteiger partial charge on any atom is 0.161 e. The van der Waals surface area contributed by atoms with Gasteiger partial charge in [-0.1, -0.05) is 6.07 Å². The van der Waals surface area contributed by atoms with Gasteiger partial charge in [0.2, 0.25) is 0 Å². The maximum atomic E-state index is 5.59. The molecule has 0 saturated carbocycles. The van der Waals surface area contributed by atoms with Crippen molar-refractivity contribution in [2.75, 3.05) is 52.6 Å². The monoisotopic (exact) mass is 313 g/mol. The first-order valence-electron chi connectivity index (χ1n) is 7.31. The van der Waals surface area contributed by atoms with Crippen LogP contribution in [0.15, 0.2) is 18.2 Å². The molecule has 0 spiro atoms. The molecule has 1 N–H and O–H groups in total. The van der Waals surface area contributed by atoms with E-state index in [1.54, 1.807) is 0 Å². The highest BCUT2D eigenvalue weighted by atomic mass is 35.5. The van der Waals surface area contributed by atoms with Gasteiger partial charge in [-0.05, 0) is 17.7 Å². The van der Waals surface area contributed by atoms with Gasteiger partial charge in [-0.25, -0.2) is 0 Å². The van der Waals surface area contributed by atoms with Crippen LogP contribution in [0.5, 0.6) is 11.5 Å². The van der Waals surface area contributed by atoms with E-state index in [9.17, 15) is 0 Å². The zero-order valence-electron chi connectivity index (χ0n) is 12.1. The van der Waals surface area contributed by atoms with E-state index in [1.165, 1.54) is 5.56 Å². The topological polar surface area (TPSA) is 43.0 Å². The quantitative estimate of drug-likeness (QED) is 0.630. The van der Waals surface area contributed by atoms with E-state index in [0.717, 1.165) is 57.4 Å². The summed E-state index contributed by atoms with van der Waals surface area (Å²) in [4.78, 5) is 2.43. The Kier molecular flexibility index (Phi) is 6.57. The number of ether oxygens (including phenoxy) is 3. The summed E-state index contributed by atoms with van der Waals surface area (Å²) < 4.78 is 16.5. The van der Waals surface area contributed by atoms with E-state index in [4.69, 9.17) is 14.2 Å². The fourth-order valence-electron chi connectivity index (χ4n) is 2.49. The highest BCUT2D eigenvalue weighted by Crippen LogP contribution is 2.30. The molecule has 1 fully saturated rings. The molecular formula is C15H22ClN2O3-. The number of benzene rings is 1. The van der Waals surface area contributed by atoms with Gasteiger partial charge >= 0.3 is 0 Å². The van der Waals surface area contributed by atoms with E-state index in [-0.39, 0.29) is 12.4 Å². The van der Waals surface area contributed by atoms with Gasteiger partial charge in [0.15, 0.2) is 11.5 Å². The highest BCUT2D eigenvalue weighted by molar-refractivity contribution is 5.43. The Labute approximate surface area is 132 Å². The molecule has 2 aliphatic rings. The summed E-state index contributed by atoms with van der Waals surface area (Å²) in [6, 6.07) is 6.15. The average molecular weight is 314 g/mol. The lowest BCUT2D eigenvalue weighted by Crippen LogP contribution is -3.00. The molecule has 21 heavy (non-hydrogen) atoms. The Morgan fingerprint density at radius 2 is 1.76 bits per heavy atom. The van der Waals surface area contributed by atoms with Gasteiger partial charge in [-0.3, -0.25) is 4.90 Å². The van der Waals surface area contributed by atoms with E-state index in [0.29, 0.717) is 13.2 Å². The summed E-state index contributed by atoms with van der Waals surface area (Å²) in [5, 5.41) is 3.48. The first kappa shape index (κ1) is 16.4. The van der Waals surface area contributed by atoms with Gasteiger partial charge in [-0.2, -0.15) is 0 Å². The Morgan fingerprint density at radius 1 is 1.00 bits per heavy atom.